The number of anilines is 1. The van der Waals surface area contributed by atoms with Crippen molar-refractivity contribution in [2.24, 2.45) is 5.92 Å². The minimum Gasteiger partial charge on any atom is -0.369 e. The van der Waals surface area contributed by atoms with Gasteiger partial charge in [0.05, 0.1) is 18.1 Å². The first-order valence-electron chi connectivity index (χ1n) is 5.48. The van der Waals surface area contributed by atoms with Crippen LogP contribution in [0.4, 0.5) is 5.69 Å². The van der Waals surface area contributed by atoms with E-state index in [1.54, 1.807) is 6.33 Å². The lowest BCUT2D eigenvalue weighted by molar-refractivity contribution is 0.338. The summed E-state index contributed by atoms with van der Waals surface area (Å²) in [5.74, 6) is 0.670. The molecule has 1 aromatic heterocycles. The van der Waals surface area contributed by atoms with Crippen LogP contribution >= 0.6 is 0 Å². The summed E-state index contributed by atoms with van der Waals surface area (Å²) in [5.41, 5.74) is 1.14. The number of rotatable bonds is 2. The number of hydrogen-bond donors (Lipinski definition) is 1. The second-order valence-electron chi connectivity index (χ2n) is 4.20. The van der Waals surface area contributed by atoms with Gasteiger partial charge in [0.15, 0.2) is 0 Å². The average molecular weight is 206 g/mol. The Morgan fingerprint density at radius 3 is 2.73 bits per heavy atom. The summed E-state index contributed by atoms with van der Waals surface area (Å²) < 4.78 is 0. The molecule has 82 valence electrons. The first-order chi connectivity index (χ1) is 7.31. The molecule has 1 aromatic rings. The Kier molecular flexibility index (Phi) is 3.16. The quantitative estimate of drug-likeness (QED) is 0.781. The number of aromatic nitrogens is 2. The lowest BCUT2D eigenvalue weighted by atomic mass is 9.94. The lowest BCUT2D eigenvalue weighted by Crippen LogP contribution is -2.47. The summed E-state index contributed by atoms with van der Waals surface area (Å²) in [6, 6.07) is 0.644. The highest BCUT2D eigenvalue weighted by molar-refractivity contribution is 5.42. The molecule has 1 fully saturated rings. The van der Waals surface area contributed by atoms with E-state index in [2.05, 4.69) is 27.1 Å². The Balaban J connectivity index is 2.03. The standard InChI is InChI=1S/C11H18N4/c1-9-7-15(4-3-11(9)12-2)10-5-13-8-14-6-10/h5-6,8-9,11-12H,3-4,7H2,1-2H3. The van der Waals surface area contributed by atoms with Crippen molar-refractivity contribution in [3.63, 3.8) is 0 Å². The second kappa shape index (κ2) is 4.57. The molecule has 2 rings (SSSR count). The van der Waals surface area contributed by atoms with Crippen LogP contribution < -0.4 is 10.2 Å². The normalized spacial score (nSPS) is 26.7. The van der Waals surface area contributed by atoms with Crippen LogP contribution in [0.3, 0.4) is 0 Å². The molecule has 4 nitrogen and oxygen atoms in total. The maximum atomic E-state index is 4.06. The molecule has 0 bridgehead atoms. The Hall–Kier alpha value is -1.16. The highest BCUT2D eigenvalue weighted by Gasteiger charge is 2.24. The molecule has 15 heavy (non-hydrogen) atoms. The lowest BCUT2D eigenvalue weighted by Gasteiger charge is -2.37. The molecule has 1 aliphatic heterocycles. The number of nitrogens with zero attached hydrogens (tertiary/aromatic N) is 3. The van der Waals surface area contributed by atoms with E-state index in [4.69, 9.17) is 0 Å². The predicted octanol–water partition coefficient (Wildman–Crippen LogP) is 0.911. The second-order valence-corrected chi connectivity index (χ2v) is 4.20. The molecular formula is C11H18N4. The number of nitrogens with one attached hydrogen (secondary N) is 1. The van der Waals surface area contributed by atoms with Crippen molar-refractivity contribution in [1.29, 1.82) is 0 Å². The Labute approximate surface area is 90.7 Å². The van der Waals surface area contributed by atoms with Crippen LogP contribution in [0.5, 0.6) is 0 Å². The average Bonchev–Trinajstić information content (AvgIpc) is 2.30. The minimum atomic E-state index is 0.644. The number of piperidine rings is 1. The maximum absolute atomic E-state index is 4.06. The van der Waals surface area contributed by atoms with E-state index in [0.717, 1.165) is 18.8 Å². The zero-order chi connectivity index (χ0) is 10.7. The molecule has 0 saturated carbocycles. The summed E-state index contributed by atoms with van der Waals surface area (Å²) in [6.07, 6.45) is 6.54. The van der Waals surface area contributed by atoms with Crippen molar-refractivity contribution in [3.8, 4) is 0 Å². The van der Waals surface area contributed by atoms with Gasteiger partial charge in [-0.2, -0.15) is 0 Å². The fourth-order valence-corrected chi connectivity index (χ4v) is 2.26. The van der Waals surface area contributed by atoms with Gasteiger partial charge in [-0.3, -0.25) is 0 Å². The van der Waals surface area contributed by atoms with Crippen LogP contribution in [0, 0.1) is 5.92 Å². The van der Waals surface area contributed by atoms with Crippen LogP contribution in [-0.2, 0) is 0 Å². The molecule has 2 heterocycles. The van der Waals surface area contributed by atoms with Gasteiger partial charge in [-0.1, -0.05) is 6.92 Å². The summed E-state index contributed by atoms with van der Waals surface area (Å²) >= 11 is 0. The summed E-state index contributed by atoms with van der Waals surface area (Å²) in [7, 11) is 2.04. The van der Waals surface area contributed by atoms with Gasteiger partial charge < -0.3 is 10.2 Å². The summed E-state index contributed by atoms with van der Waals surface area (Å²) in [4.78, 5) is 10.5. The topological polar surface area (TPSA) is 41.0 Å². The largest absolute Gasteiger partial charge is 0.369 e. The summed E-state index contributed by atoms with van der Waals surface area (Å²) in [6.45, 7) is 4.46. The van der Waals surface area contributed by atoms with Gasteiger partial charge in [0, 0.05) is 19.1 Å². The molecule has 1 saturated heterocycles. The van der Waals surface area contributed by atoms with E-state index < -0.39 is 0 Å². The van der Waals surface area contributed by atoms with Crippen molar-refractivity contribution in [2.45, 2.75) is 19.4 Å². The fourth-order valence-electron chi connectivity index (χ4n) is 2.26. The van der Waals surface area contributed by atoms with Crippen molar-refractivity contribution in [1.82, 2.24) is 15.3 Å². The van der Waals surface area contributed by atoms with Crippen LogP contribution in [0.15, 0.2) is 18.7 Å². The van der Waals surface area contributed by atoms with Gasteiger partial charge in [0.1, 0.15) is 6.33 Å². The molecule has 2 atom stereocenters. The van der Waals surface area contributed by atoms with Gasteiger partial charge in [-0.15, -0.1) is 0 Å². The van der Waals surface area contributed by atoms with E-state index in [1.807, 2.05) is 19.4 Å². The number of hydrogen-bond acceptors (Lipinski definition) is 4. The predicted molar refractivity (Wildman–Crippen MR) is 60.9 cm³/mol. The monoisotopic (exact) mass is 206 g/mol. The molecule has 4 heteroatoms. The molecule has 2 unspecified atom stereocenters. The molecule has 0 radical (unpaired) electrons. The van der Waals surface area contributed by atoms with Crippen LogP contribution in [0.2, 0.25) is 0 Å². The molecule has 0 amide bonds. The van der Waals surface area contributed by atoms with Gasteiger partial charge in [-0.25, -0.2) is 9.97 Å². The van der Waals surface area contributed by atoms with Gasteiger partial charge in [0.2, 0.25) is 0 Å². The van der Waals surface area contributed by atoms with Gasteiger partial charge >= 0.3 is 0 Å². The van der Waals surface area contributed by atoms with E-state index in [9.17, 15) is 0 Å². The Morgan fingerprint density at radius 2 is 2.13 bits per heavy atom. The van der Waals surface area contributed by atoms with Crippen molar-refractivity contribution >= 4 is 5.69 Å². The third-order valence-corrected chi connectivity index (χ3v) is 3.19. The molecule has 0 aromatic carbocycles. The Bertz CT molecular complexity index is 301. The van der Waals surface area contributed by atoms with Gasteiger partial charge in [-0.05, 0) is 19.4 Å². The van der Waals surface area contributed by atoms with Crippen molar-refractivity contribution in [3.05, 3.63) is 18.7 Å². The molecular weight excluding hydrogens is 188 g/mol. The highest BCUT2D eigenvalue weighted by Crippen LogP contribution is 2.21. The minimum absolute atomic E-state index is 0.644. The Morgan fingerprint density at radius 1 is 1.40 bits per heavy atom. The highest BCUT2D eigenvalue weighted by atomic mass is 15.2. The van der Waals surface area contributed by atoms with Crippen molar-refractivity contribution in [2.75, 3.05) is 25.0 Å². The maximum Gasteiger partial charge on any atom is 0.115 e. The zero-order valence-electron chi connectivity index (χ0n) is 9.35. The third-order valence-electron chi connectivity index (χ3n) is 3.19. The molecule has 0 aliphatic carbocycles. The van der Waals surface area contributed by atoms with Crippen LogP contribution in [0.1, 0.15) is 13.3 Å². The van der Waals surface area contributed by atoms with Crippen molar-refractivity contribution < 1.29 is 0 Å². The first kappa shape index (κ1) is 10.4. The first-order valence-corrected chi connectivity index (χ1v) is 5.48. The summed E-state index contributed by atoms with van der Waals surface area (Å²) in [5, 5.41) is 3.37. The fraction of sp³-hybridized carbons (Fsp3) is 0.636. The van der Waals surface area contributed by atoms with E-state index >= 15 is 0 Å². The molecule has 0 spiro atoms. The van der Waals surface area contributed by atoms with E-state index in [-0.39, 0.29) is 0 Å². The van der Waals surface area contributed by atoms with Gasteiger partial charge in [0.25, 0.3) is 0 Å². The van der Waals surface area contributed by atoms with Crippen LogP contribution in [0.25, 0.3) is 0 Å². The van der Waals surface area contributed by atoms with Crippen LogP contribution in [-0.4, -0.2) is 36.1 Å². The third kappa shape index (κ3) is 2.26. The zero-order valence-corrected chi connectivity index (χ0v) is 9.35. The molecule has 1 aliphatic rings. The van der Waals surface area contributed by atoms with E-state index in [0.29, 0.717) is 12.0 Å². The van der Waals surface area contributed by atoms with E-state index in [1.165, 1.54) is 6.42 Å². The molecule has 1 N–H and O–H groups in total. The smallest absolute Gasteiger partial charge is 0.115 e. The SMILES string of the molecule is CNC1CCN(c2cncnc2)CC1C.